The summed E-state index contributed by atoms with van der Waals surface area (Å²) in [6, 6.07) is 2.02. The van der Waals surface area contributed by atoms with Crippen LogP contribution in [0.25, 0.3) is 6.08 Å². The van der Waals surface area contributed by atoms with Crippen LogP contribution in [0.15, 0.2) is 9.70 Å². The topological polar surface area (TPSA) is 95.6 Å². The Morgan fingerprint density at radius 1 is 1.28 bits per heavy atom. The Morgan fingerprint density at radius 3 is 2.47 bits per heavy atom. The van der Waals surface area contributed by atoms with Crippen molar-refractivity contribution in [1.82, 2.24) is 9.47 Å². The van der Waals surface area contributed by atoms with Crippen LogP contribution in [0.5, 0.6) is 0 Å². The van der Waals surface area contributed by atoms with Crippen molar-refractivity contribution >= 4 is 52.1 Å². The first-order valence-corrected chi connectivity index (χ1v) is 13.7. The molecule has 2 aliphatic heterocycles. The number of carbonyl (C=O) groups is 2. The Labute approximate surface area is 222 Å². The van der Waals surface area contributed by atoms with Gasteiger partial charge in [0.1, 0.15) is 21.8 Å². The van der Waals surface area contributed by atoms with Crippen molar-refractivity contribution in [2.75, 3.05) is 24.6 Å². The van der Waals surface area contributed by atoms with E-state index in [2.05, 4.69) is 11.0 Å². The number of esters is 1. The average Bonchev–Trinajstić information content (AvgIpc) is 3.13. The summed E-state index contributed by atoms with van der Waals surface area (Å²) in [6.07, 6.45) is 4.65. The molecule has 10 heteroatoms. The molecule has 2 saturated heterocycles. The quantitative estimate of drug-likeness (QED) is 0.280. The molecule has 0 bridgehead atoms. The van der Waals surface area contributed by atoms with E-state index in [1.54, 1.807) is 29.4 Å². The molecule has 1 amide bonds. The summed E-state index contributed by atoms with van der Waals surface area (Å²) in [6.45, 7) is 11.4. The molecule has 194 valence electrons. The Hall–Kier alpha value is -2.64. The summed E-state index contributed by atoms with van der Waals surface area (Å²) in [4.78, 5) is 43.0. The second-order valence-corrected chi connectivity index (χ2v) is 11.0. The number of rotatable bonds is 8. The predicted octanol–water partition coefficient (Wildman–Crippen LogP) is 4.22. The molecule has 2 fully saturated rings. The van der Waals surface area contributed by atoms with Crippen LogP contribution in [-0.4, -0.2) is 51.4 Å². The smallest absolute Gasteiger partial charge is 0.309 e. The van der Waals surface area contributed by atoms with Crippen molar-refractivity contribution in [3.63, 3.8) is 0 Å². The van der Waals surface area contributed by atoms with Crippen LogP contribution in [0, 0.1) is 24.2 Å². The molecule has 0 unspecified atom stereocenters. The van der Waals surface area contributed by atoms with Gasteiger partial charge in [-0.3, -0.25) is 23.9 Å². The minimum atomic E-state index is -0.321. The van der Waals surface area contributed by atoms with Gasteiger partial charge in [-0.25, -0.2) is 0 Å². The Bertz CT molecular complexity index is 1170. The molecule has 0 N–H and O–H groups in total. The van der Waals surface area contributed by atoms with Gasteiger partial charge in [-0.2, -0.15) is 5.26 Å². The molecule has 3 rings (SSSR count). The molecule has 0 aromatic carbocycles. The average molecular weight is 531 g/mol. The Morgan fingerprint density at radius 2 is 1.94 bits per heavy atom. The molecule has 0 radical (unpaired) electrons. The van der Waals surface area contributed by atoms with E-state index < -0.39 is 0 Å². The van der Waals surface area contributed by atoms with Crippen LogP contribution in [0.3, 0.4) is 0 Å². The van der Waals surface area contributed by atoms with Gasteiger partial charge < -0.3 is 9.64 Å². The predicted molar refractivity (Wildman–Crippen MR) is 147 cm³/mol. The van der Waals surface area contributed by atoms with Crippen molar-refractivity contribution < 1.29 is 14.3 Å². The van der Waals surface area contributed by atoms with Crippen LogP contribution >= 0.6 is 24.0 Å². The molecule has 36 heavy (non-hydrogen) atoms. The zero-order valence-electron chi connectivity index (χ0n) is 21.6. The fourth-order valence-electron chi connectivity index (χ4n) is 4.65. The monoisotopic (exact) mass is 530 g/mol. The van der Waals surface area contributed by atoms with Crippen LogP contribution in [0.2, 0.25) is 0 Å². The standard InChI is InChI=1S/C26H34N4O4S2/c1-6-8-11-29-22(28-12-9-18(10-13-28)25(33)34-7-2)19(17(5)20(15-27)23(29)31)14-21-24(32)30(16(3)4)26(35)36-21/h14,16,18H,6-13H2,1-5H3/b21-14+. The van der Waals surface area contributed by atoms with Crippen molar-refractivity contribution in [1.29, 1.82) is 5.26 Å². The molecule has 1 aromatic heterocycles. The van der Waals surface area contributed by atoms with Gasteiger partial charge in [0.2, 0.25) is 0 Å². The van der Waals surface area contributed by atoms with Gasteiger partial charge in [0.05, 0.1) is 17.4 Å². The molecule has 0 spiro atoms. The maximum atomic E-state index is 13.4. The summed E-state index contributed by atoms with van der Waals surface area (Å²) in [5, 5.41) is 9.84. The number of unbranched alkanes of at least 4 members (excludes halogenated alkanes) is 1. The fraction of sp³-hybridized carbons (Fsp3) is 0.577. The lowest BCUT2D eigenvalue weighted by Crippen LogP contribution is -2.41. The summed E-state index contributed by atoms with van der Waals surface area (Å²) in [5.41, 5.74) is 0.994. The number of hydrogen-bond acceptors (Lipinski definition) is 8. The molecular formula is C26H34N4O4S2. The molecule has 1 aromatic rings. The summed E-state index contributed by atoms with van der Waals surface area (Å²) >= 11 is 6.69. The molecule has 2 aliphatic rings. The van der Waals surface area contributed by atoms with Gasteiger partial charge in [0.25, 0.3) is 11.5 Å². The van der Waals surface area contributed by atoms with E-state index in [1.807, 2.05) is 20.8 Å². The zero-order valence-corrected chi connectivity index (χ0v) is 23.3. The number of piperidine rings is 1. The summed E-state index contributed by atoms with van der Waals surface area (Å²) in [7, 11) is 0. The normalized spacial score (nSPS) is 17.9. The maximum absolute atomic E-state index is 13.4. The van der Waals surface area contributed by atoms with E-state index in [-0.39, 0.29) is 35.0 Å². The highest BCUT2D eigenvalue weighted by molar-refractivity contribution is 8.26. The van der Waals surface area contributed by atoms with Gasteiger partial charge >= 0.3 is 5.97 Å². The van der Waals surface area contributed by atoms with Crippen LogP contribution in [0.4, 0.5) is 5.82 Å². The zero-order chi connectivity index (χ0) is 26.6. The van der Waals surface area contributed by atoms with Crippen LogP contribution in [0.1, 0.15) is 70.1 Å². The van der Waals surface area contributed by atoms with E-state index in [4.69, 9.17) is 17.0 Å². The number of anilines is 1. The number of hydrogen-bond donors (Lipinski definition) is 0. The molecule has 8 nitrogen and oxygen atoms in total. The third-order valence-corrected chi connectivity index (χ3v) is 7.94. The lowest BCUT2D eigenvalue weighted by Gasteiger charge is -2.35. The first kappa shape index (κ1) is 27.9. The van der Waals surface area contributed by atoms with Gasteiger partial charge in [0, 0.05) is 31.2 Å². The van der Waals surface area contributed by atoms with Crippen LogP contribution < -0.4 is 10.5 Å². The number of thiocarbonyl (C=S) groups is 1. The lowest BCUT2D eigenvalue weighted by atomic mass is 9.95. The van der Waals surface area contributed by atoms with Gasteiger partial charge in [0.15, 0.2) is 0 Å². The van der Waals surface area contributed by atoms with E-state index in [0.717, 1.165) is 12.8 Å². The SMILES string of the molecule is CCCCn1c(N2CCC(C(=O)OCC)CC2)c(/C=C2/SC(=S)N(C(C)C)C2=O)c(C)c(C#N)c1=O. The fourth-order valence-corrected chi connectivity index (χ4v) is 6.16. The minimum Gasteiger partial charge on any atom is -0.466 e. The van der Waals surface area contributed by atoms with Crippen molar-refractivity contribution in [3.05, 3.63) is 31.9 Å². The van der Waals surface area contributed by atoms with Crippen LogP contribution in [-0.2, 0) is 20.9 Å². The number of aromatic nitrogens is 1. The number of pyridine rings is 1. The maximum Gasteiger partial charge on any atom is 0.309 e. The van der Waals surface area contributed by atoms with E-state index in [9.17, 15) is 19.6 Å². The number of thioether (sulfide) groups is 1. The largest absolute Gasteiger partial charge is 0.466 e. The van der Waals surface area contributed by atoms with Gasteiger partial charge in [-0.15, -0.1) is 0 Å². The second kappa shape index (κ2) is 12.1. The molecule has 0 saturated carbocycles. The first-order valence-electron chi connectivity index (χ1n) is 12.5. The van der Waals surface area contributed by atoms with E-state index >= 15 is 0 Å². The number of nitriles is 1. The number of amides is 1. The second-order valence-electron chi connectivity index (χ2n) is 9.32. The number of nitrogens with zero attached hydrogens (tertiary/aromatic N) is 4. The molecule has 3 heterocycles. The number of ether oxygens (including phenoxy) is 1. The third-order valence-electron chi connectivity index (χ3n) is 6.61. The highest BCUT2D eigenvalue weighted by Crippen LogP contribution is 2.37. The third kappa shape index (κ3) is 5.52. The molecule has 0 atom stereocenters. The van der Waals surface area contributed by atoms with Crippen molar-refractivity contribution in [3.8, 4) is 6.07 Å². The van der Waals surface area contributed by atoms with Gasteiger partial charge in [-0.05, 0) is 58.6 Å². The molecule has 0 aliphatic carbocycles. The van der Waals surface area contributed by atoms with E-state index in [1.165, 1.54) is 11.8 Å². The highest BCUT2D eigenvalue weighted by atomic mass is 32.2. The number of carbonyl (C=O) groups excluding carboxylic acids is 2. The lowest BCUT2D eigenvalue weighted by molar-refractivity contribution is -0.148. The Balaban J connectivity index is 2.15. The summed E-state index contributed by atoms with van der Waals surface area (Å²) < 4.78 is 7.39. The highest BCUT2D eigenvalue weighted by Gasteiger charge is 2.35. The van der Waals surface area contributed by atoms with Gasteiger partial charge in [-0.1, -0.05) is 37.3 Å². The van der Waals surface area contributed by atoms with E-state index in [0.29, 0.717) is 65.3 Å². The van der Waals surface area contributed by atoms with Crippen molar-refractivity contribution in [2.24, 2.45) is 5.92 Å². The van der Waals surface area contributed by atoms with Crippen molar-refractivity contribution in [2.45, 2.75) is 72.9 Å². The molecular weight excluding hydrogens is 496 g/mol. The summed E-state index contributed by atoms with van der Waals surface area (Å²) in [5.74, 6) is 0.162. The Kier molecular flexibility index (Phi) is 9.36. The first-order chi connectivity index (χ1) is 17.2. The minimum absolute atomic E-state index is 0.0703.